The maximum atomic E-state index is 12.5. The van der Waals surface area contributed by atoms with Crippen LogP contribution in [0.25, 0.3) is 0 Å². The molecule has 176 valence electrons. The number of nitrogens with zero attached hydrogens (tertiary/aromatic N) is 1. The third-order valence-electron chi connectivity index (χ3n) is 3.87. The van der Waals surface area contributed by atoms with Crippen molar-refractivity contribution in [1.29, 1.82) is 0 Å². The van der Waals surface area contributed by atoms with E-state index in [1.807, 2.05) is 0 Å². The van der Waals surface area contributed by atoms with Crippen molar-refractivity contribution in [2.24, 2.45) is 5.41 Å². The lowest BCUT2D eigenvalue weighted by Crippen LogP contribution is -2.44. The van der Waals surface area contributed by atoms with Crippen LogP contribution in [0, 0.1) is 5.41 Å². The van der Waals surface area contributed by atoms with Gasteiger partial charge in [-0.25, -0.2) is 4.79 Å². The number of rotatable bonds is 12. The molecule has 0 aromatic carbocycles. The van der Waals surface area contributed by atoms with Crippen molar-refractivity contribution in [3.8, 4) is 0 Å². The van der Waals surface area contributed by atoms with Gasteiger partial charge in [0, 0.05) is 43.8 Å². The number of halogens is 1. The monoisotopic (exact) mass is 480 g/mol. The van der Waals surface area contributed by atoms with Crippen LogP contribution in [-0.4, -0.2) is 56.3 Å². The molecule has 1 heterocycles. The molecule has 0 aliphatic rings. The van der Waals surface area contributed by atoms with E-state index in [4.69, 9.17) is 13.7 Å². The summed E-state index contributed by atoms with van der Waals surface area (Å²) >= 11 is 0. The fraction of sp³-hybridized carbons (Fsp3) is 0.579. The van der Waals surface area contributed by atoms with Gasteiger partial charge in [0.25, 0.3) is 10.1 Å². The number of ether oxygens (including phenoxy) is 2. The zero-order valence-corrected chi connectivity index (χ0v) is 19.6. The Morgan fingerprint density at radius 3 is 2.45 bits per heavy atom. The second-order valence-electron chi connectivity index (χ2n) is 7.31. The Kier molecular flexibility index (Phi) is 12.3. The minimum Gasteiger partial charge on any atom is -0.458 e. The van der Waals surface area contributed by atoms with E-state index in [2.05, 4.69) is 10.3 Å². The average Bonchev–Trinajstić information content (AvgIpc) is 2.67. The van der Waals surface area contributed by atoms with Gasteiger partial charge in [-0.2, -0.15) is 8.42 Å². The third-order valence-corrected chi connectivity index (χ3v) is 5.13. The van der Waals surface area contributed by atoms with Crippen molar-refractivity contribution in [3.63, 3.8) is 0 Å². The van der Waals surface area contributed by atoms with Gasteiger partial charge in [-0.15, -0.1) is 12.4 Å². The topological polar surface area (TPSA) is 138 Å². The third kappa shape index (κ3) is 11.7. The quantitative estimate of drug-likeness (QED) is 0.267. The Labute approximate surface area is 188 Å². The molecule has 1 aromatic heterocycles. The number of esters is 2. The summed E-state index contributed by atoms with van der Waals surface area (Å²) < 4.78 is 39.5. The van der Waals surface area contributed by atoms with E-state index in [1.165, 1.54) is 27.0 Å². The molecule has 1 rings (SSSR count). The first-order valence-corrected chi connectivity index (χ1v) is 10.8. The lowest BCUT2D eigenvalue weighted by Gasteiger charge is -2.31. The van der Waals surface area contributed by atoms with E-state index in [1.54, 1.807) is 18.3 Å². The molecule has 12 heteroatoms. The molecule has 0 aliphatic heterocycles. The van der Waals surface area contributed by atoms with Crippen molar-refractivity contribution in [2.75, 3.05) is 18.9 Å². The highest BCUT2D eigenvalue weighted by Crippen LogP contribution is 2.26. The van der Waals surface area contributed by atoms with E-state index in [0.29, 0.717) is 5.56 Å². The fourth-order valence-electron chi connectivity index (χ4n) is 2.30. The molecular weight excluding hydrogens is 452 g/mol. The molecule has 0 aliphatic carbocycles. The Morgan fingerprint density at radius 2 is 1.90 bits per heavy atom. The van der Waals surface area contributed by atoms with Gasteiger partial charge in [-0.1, -0.05) is 19.9 Å². The maximum Gasteiger partial charge on any atom is 0.348 e. The van der Waals surface area contributed by atoms with Gasteiger partial charge in [0.2, 0.25) is 12.0 Å². The fourth-order valence-corrected chi connectivity index (χ4v) is 3.39. The molecule has 0 unspecified atom stereocenters. The maximum absolute atomic E-state index is 12.5. The summed E-state index contributed by atoms with van der Waals surface area (Å²) in [5, 5.41) is 2.49. The summed E-state index contributed by atoms with van der Waals surface area (Å²) in [5.74, 6) is -2.12. The summed E-state index contributed by atoms with van der Waals surface area (Å²) in [4.78, 5) is 38.7. The molecular formula is C19H29ClN2O8S. The van der Waals surface area contributed by atoms with Crippen LogP contribution in [0.15, 0.2) is 24.5 Å². The predicted octanol–water partition coefficient (Wildman–Crippen LogP) is 1.38. The summed E-state index contributed by atoms with van der Waals surface area (Å²) in [5.41, 5.74) is -0.550. The van der Waals surface area contributed by atoms with E-state index in [9.17, 15) is 22.8 Å². The van der Waals surface area contributed by atoms with Crippen molar-refractivity contribution in [2.45, 2.75) is 46.8 Å². The van der Waals surface area contributed by atoms with Crippen molar-refractivity contribution >= 4 is 40.4 Å². The van der Waals surface area contributed by atoms with Gasteiger partial charge in [0.1, 0.15) is 6.61 Å². The second-order valence-corrected chi connectivity index (χ2v) is 9.07. The summed E-state index contributed by atoms with van der Waals surface area (Å²) in [6, 6.07) is 3.39. The normalized spacial score (nSPS) is 12.3. The van der Waals surface area contributed by atoms with E-state index in [-0.39, 0.29) is 43.6 Å². The Morgan fingerprint density at radius 1 is 1.23 bits per heavy atom. The smallest absolute Gasteiger partial charge is 0.348 e. The predicted molar refractivity (Wildman–Crippen MR) is 114 cm³/mol. The molecule has 0 fully saturated rings. The van der Waals surface area contributed by atoms with Gasteiger partial charge in [-0.3, -0.25) is 18.8 Å². The minimum atomic E-state index is -3.91. The first kappa shape index (κ1) is 28.8. The average molecular weight is 481 g/mol. The molecule has 1 atom stereocenters. The molecule has 0 bridgehead atoms. The van der Waals surface area contributed by atoms with Gasteiger partial charge in [0.05, 0.1) is 12.4 Å². The van der Waals surface area contributed by atoms with Crippen molar-refractivity contribution in [3.05, 3.63) is 30.1 Å². The SMILES string of the molecule is CC(=O)NCCCS(=O)(=O)OCC(C)(C)[C@@H](OC(C)=O)C(=O)OCc1cccnc1.Cl. The summed E-state index contributed by atoms with van der Waals surface area (Å²) in [6.45, 7) is 5.22. The van der Waals surface area contributed by atoms with Gasteiger partial charge in [-0.05, 0) is 12.5 Å². The van der Waals surface area contributed by atoms with Gasteiger partial charge in [0.15, 0.2) is 0 Å². The number of carbonyl (C=O) groups excluding carboxylic acids is 3. The number of aromatic nitrogens is 1. The minimum absolute atomic E-state index is 0. The highest BCUT2D eigenvalue weighted by molar-refractivity contribution is 7.86. The van der Waals surface area contributed by atoms with Crippen molar-refractivity contribution in [1.82, 2.24) is 10.3 Å². The molecule has 0 radical (unpaired) electrons. The molecule has 10 nitrogen and oxygen atoms in total. The highest BCUT2D eigenvalue weighted by Gasteiger charge is 2.41. The van der Waals surface area contributed by atoms with Crippen LogP contribution in [0.4, 0.5) is 0 Å². The number of amides is 1. The lowest BCUT2D eigenvalue weighted by molar-refractivity contribution is -0.177. The van der Waals surface area contributed by atoms with E-state index >= 15 is 0 Å². The molecule has 0 saturated heterocycles. The van der Waals surface area contributed by atoms with Crippen LogP contribution < -0.4 is 5.32 Å². The molecule has 0 saturated carbocycles. The van der Waals surface area contributed by atoms with Crippen LogP contribution in [0.3, 0.4) is 0 Å². The Bertz CT molecular complexity index is 831. The van der Waals surface area contributed by atoms with Crippen LogP contribution in [0.1, 0.15) is 39.7 Å². The summed E-state index contributed by atoms with van der Waals surface area (Å²) in [6.07, 6.45) is 1.89. The van der Waals surface area contributed by atoms with E-state index < -0.39 is 40.2 Å². The molecule has 31 heavy (non-hydrogen) atoms. The van der Waals surface area contributed by atoms with E-state index in [0.717, 1.165) is 6.92 Å². The Balaban J connectivity index is 0.00000900. The second kappa shape index (κ2) is 13.2. The standard InChI is InChI=1S/C19H28N2O8S.ClH/c1-14(22)21-9-6-10-30(25,26)28-13-19(3,4)17(29-15(2)23)18(24)27-12-16-7-5-8-20-11-16;/h5,7-8,11,17H,6,9-10,12-13H2,1-4H3,(H,21,22);1H/t17-;/m0./s1. The number of nitrogens with one attached hydrogen (secondary N) is 1. The van der Waals surface area contributed by atoms with Crippen LogP contribution in [0.5, 0.6) is 0 Å². The number of hydrogen-bond acceptors (Lipinski definition) is 9. The first-order chi connectivity index (χ1) is 13.9. The van der Waals surface area contributed by atoms with Crippen LogP contribution >= 0.6 is 12.4 Å². The highest BCUT2D eigenvalue weighted by atomic mass is 35.5. The largest absolute Gasteiger partial charge is 0.458 e. The lowest BCUT2D eigenvalue weighted by atomic mass is 9.87. The number of pyridine rings is 1. The van der Waals surface area contributed by atoms with Crippen LogP contribution in [-0.2, 0) is 44.8 Å². The molecule has 1 N–H and O–H groups in total. The number of carbonyl (C=O) groups is 3. The van der Waals surface area contributed by atoms with Gasteiger partial charge >= 0.3 is 11.9 Å². The van der Waals surface area contributed by atoms with Crippen LogP contribution in [0.2, 0.25) is 0 Å². The zero-order valence-electron chi connectivity index (χ0n) is 18.0. The molecule has 1 aromatic rings. The molecule has 1 amide bonds. The zero-order chi connectivity index (χ0) is 22.8. The Hall–Kier alpha value is -2.24. The summed E-state index contributed by atoms with van der Waals surface area (Å²) in [7, 11) is -3.91. The first-order valence-electron chi connectivity index (χ1n) is 9.27. The van der Waals surface area contributed by atoms with Crippen molar-refractivity contribution < 1.29 is 36.5 Å². The number of hydrogen-bond donors (Lipinski definition) is 1. The molecule has 0 spiro atoms. The van der Waals surface area contributed by atoms with Gasteiger partial charge < -0.3 is 14.8 Å².